The van der Waals surface area contributed by atoms with Crippen molar-refractivity contribution in [2.24, 2.45) is 0 Å². The zero-order valence-electron chi connectivity index (χ0n) is 10.9. The van der Waals surface area contributed by atoms with Crippen molar-refractivity contribution in [3.05, 3.63) is 41.8 Å². The second kappa shape index (κ2) is 8.47. The van der Waals surface area contributed by atoms with E-state index < -0.39 is 0 Å². The Bertz CT molecular complexity index is 229. The number of hydrogen-bond acceptors (Lipinski definition) is 0. The van der Waals surface area contributed by atoms with Crippen LogP contribution in [0.2, 0.25) is 0 Å². The first-order valence-corrected chi connectivity index (χ1v) is 5.07. The SMILES string of the molecule is CC(C)(C)c1cc[c-]cc1.C[C-](C)C.[Y]. The third kappa shape index (κ3) is 10.6. The van der Waals surface area contributed by atoms with Gasteiger partial charge in [0.15, 0.2) is 0 Å². The molecule has 0 heterocycles. The molecule has 0 amide bonds. The van der Waals surface area contributed by atoms with Crippen molar-refractivity contribution in [3.63, 3.8) is 0 Å². The van der Waals surface area contributed by atoms with E-state index in [2.05, 4.69) is 59.7 Å². The molecule has 0 aliphatic carbocycles. The van der Waals surface area contributed by atoms with Crippen LogP contribution in [0, 0.1) is 12.0 Å². The number of rotatable bonds is 0. The molecule has 0 fully saturated rings. The van der Waals surface area contributed by atoms with Crippen LogP contribution in [0.15, 0.2) is 24.3 Å². The van der Waals surface area contributed by atoms with Gasteiger partial charge in [-0.25, -0.2) is 0 Å². The van der Waals surface area contributed by atoms with Gasteiger partial charge in [-0.1, -0.05) is 20.8 Å². The number of hydrogen-bond donors (Lipinski definition) is 0. The van der Waals surface area contributed by atoms with Crippen LogP contribution in [0.4, 0.5) is 0 Å². The minimum atomic E-state index is 0. The molecule has 0 N–H and O–H groups in total. The van der Waals surface area contributed by atoms with E-state index >= 15 is 0 Å². The van der Waals surface area contributed by atoms with E-state index in [9.17, 15) is 0 Å². The van der Waals surface area contributed by atoms with Crippen molar-refractivity contribution in [3.8, 4) is 0 Å². The van der Waals surface area contributed by atoms with Crippen LogP contribution in [-0.4, -0.2) is 0 Å². The van der Waals surface area contributed by atoms with E-state index in [1.54, 1.807) is 0 Å². The van der Waals surface area contributed by atoms with Gasteiger partial charge in [0.05, 0.1) is 0 Å². The summed E-state index contributed by atoms with van der Waals surface area (Å²) < 4.78 is 0. The largest absolute Gasteiger partial charge is 0.323 e. The quantitative estimate of drug-likeness (QED) is 0.617. The molecular weight excluding hydrogens is 257 g/mol. The fraction of sp³-hybridized carbons (Fsp3) is 0.500. The zero-order valence-corrected chi connectivity index (χ0v) is 13.7. The predicted molar refractivity (Wildman–Crippen MR) is 64.2 cm³/mol. The summed E-state index contributed by atoms with van der Waals surface area (Å²) in [5, 5.41) is 0. The first-order valence-electron chi connectivity index (χ1n) is 5.07. The molecule has 0 aliphatic rings. The van der Waals surface area contributed by atoms with Gasteiger partial charge in [-0.2, -0.15) is 56.7 Å². The molecule has 0 bridgehead atoms. The van der Waals surface area contributed by atoms with Crippen molar-refractivity contribution in [1.82, 2.24) is 0 Å². The smallest absolute Gasteiger partial charge is 0 e. The summed E-state index contributed by atoms with van der Waals surface area (Å²) in [4.78, 5) is 0. The first kappa shape index (κ1) is 17.7. The number of benzene rings is 1. The third-order valence-electron chi connectivity index (χ3n) is 1.58. The molecular formula is C14H22Y-2. The van der Waals surface area contributed by atoms with Gasteiger partial charge in [-0.05, 0) is 5.41 Å². The fourth-order valence-corrected chi connectivity index (χ4v) is 0.887. The van der Waals surface area contributed by atoms with E-state index in [0.29, 0.717) is 0 Å². The zero-order chi connectivity index (χ0) is 11.2. The Hall–Kier alpha value is 0.324. The van der Waals surface area contributed by atoms with Gasteiger partial charge in [0.25, 0.3) is 0 Å². The van der Waals surface area contributed by atoms with Crippen LogP contribution in [0.25, 0.3) is 0 Å². The molecule has 0 saturated heterocycles. The van der Waals surface area contributed by atoms with Crippen molar-refractivity contribution >= 4 is 0 Å². The molecule has 15 heavy (non-hydrogen) atoms. The summed E-state index contributed by atoms with van der Waals surface area (Å²) >= 11 is 0. The molecule has 0 aromatic heterocycles. The molecule has 0 unspecified atom stereocenters. The van der Waals surface area contributed by atoms with Gasteiger partial charge in [-0.15, -0.1) is 0 Å². The average molecular weight is 279 g/mol. The van der Waals surface area contributed by atoms with Crippen LogP contribution in [0.5, 0.6) is 0 Å². The molecule has 1 rings (SSSR count). The minimum Gasteiger partial charge on any atom is -0.323 e. The molecule has 0 atom stereocenters. The van der Waals surface area contributed by atoms with Gasteiger partial charge >= 0.3 is 0 Å². The van der Waals surface area contributed by atoms with Crippen LogP contribution in [0.1, 0.15) is 47.1 Å². The molecule has 1 radical (unpaired) electrons. The van der Waals surface area contributed by atoms with Gasteiger partial charge in [0.2, 0.25) is 0 Å². The van der Waals surface area contributed by atoms with E-state index in [1.807, 2.05) is 12.1 Å². The molecule has 1 aromatic carbocycles. The average Bonchev–Trinajstić information content (AvgIpc) is 2.03. The molecule has 83 valence electrons. The molecule has 1 heteroatoms. The van der Waals surface area contributed by atoms with E-state index in [4.69, 9.17) is 0 Å². The maximum Gasteiger partial charge on any atom is 0 e. The van der Waals surface area contributed by atoms with Crippen molar-refractivity contribution in [2.45, 2.75) is 47.0 Å². The summed E-state index contributed by atoms with van der Waals surface area (Å²) in [5.41, 5.74) is 1.64. The van der Waals surface area contributed by atoms with E-state index in [-0.39, 0.29) is 38.1 Å². The summed E-state index contributed by atoms with van der Waals surface area (Å²) in [6.07, 6.45) is 0. The Morgan fingerprint density at radius 3 is 1.53 bits per heavy atom. The van der Waals surface area contributed by atoms with Gasteiger partial charge in [0.1, 0.15) is 0 Å². The Kier molecular flexibility index (Phi) is 10.0. The van der Waals surface area contributed by atoms with E-state index in [1.165, 1.54) is 11.5 Å². The van der Waals surface area contributed by atoms with Crippen LogP contribution in [0.3, 0.4) is 0 Å². The van der Waals surface area contributed by atoms with Crippen molar-refractivity contribution in [1.29, 1.82) is 0 Å². The molecule has 0 nitrogen and oxygen atoms in total. The maximum atomic E-state index is 3.00. The predicted octanol–water partition coefficient (Wildman–Crippen LogP) is 4.40. The molecule has 1 aromatic rings. The summed E-state index contributed by atoms with van der Waals surface area (Å²) in [6.45, 7) is 12.9. The second-order valence-electron chi connectivity index (χ2n) is 5.04. The summed E-state index contributed by atoms with van der Waals surface area (Å²) in [7, 11) is 0. The van der Waals surface area contributed by atoms with Crippen LogP contribution >= 0.6 is 0 Å². The fourth-order valence-electron chi connectivity index (χ4n) is 0.887. The molecule has 0 saturated carbocycles. The van der Waals surface area contributed by atoms with Crippen molar-refractivity contribution in [2.75, 3.05) is 0 Å². The third-order valence-corrected chi connectivity index (χ3v) is 1.58. The molecule has 0 spiro atoms. The topological polar surface area (TPSA) is 0 Å². The van der Waals surface area contributed by atoms with Crippen LogP contribution < -0.4 is 0 Å². The minimum absolute atomic E-state index is 0. The Morgan fingerprint density at radius 1 is 1.00 bits per heavy atom. The van der Waals surface area contributed by atoms with Gasteiger partial charge < -0.3 is 5.92 Å². The Labute approximate surface area is 121 Å². The standard InChI is InChI=1S/C10H13.C4H9.Y/c1-10(2,3)9-7-5-4-6-8-9;1-4(2)3;/h5-8H,1-3H3;1-3H3;/q2*-1;. The summed E-state index contributed by atoms with van der Waals surface area (Å²) in [6, 6.07) is 11.1. The first-order chi connectivity index (χ1) is 6.34. The van der Waals surface area contributed by atoms with Crippen LogP contribution in [-0.2, 0) is 38.1 Å². The van der Waals surface area contributed by atoms with E-state index in [0.717, 1.165) is 0 Å². The Morgan fingerprint density at radius 2 is 1.33 bits per heavy atom. The normalized spacial score (nSPS) is 10.1. The second-order valence-corrected chi connectivity index (χ2v) is 5.04. The van der Waals surface area contributed by atoms with Crippen molar-refractivity contribution < 1.29 is 32.7 Å². The molecule has 0 aliphatic heterocycles. The summed E-state index contributed by atoms with van der Waals surface area (Å²) in [5.74, 6) is 1.42. The van der Waals surface area contributed by atoms with Gasteiger partial charge in [-0.3, -0.25) is 0 Å². The maximum absolute atomic E-state index is 3.00. The van der Waals surface area contributed by atoms with Gasteiger partial charge in [0, 0.05) is 32.7 Å². The monoisotopic (exact) mass is 279 g/mol. The Balaban J connectivity index is 0.